The van der Waals surface area contributed by atoms with Crippen LogP contribution in [0.3, 0.4) is 0 Å². The summed E-state index contributed by atoms with van der Waals surface area (Å²) >= 11 is 3.32. The number of para-hydroxylation sites is 1. The highest BCUT2D eigenvalue weighted by Crippen LogP contribution is 2.34. The Morgan fingerprint density at radius 1 is 1.19 bits per heavy atom. The molecule has 0 spiro atoms. The van der Waals surface area contributed by atoms with E-state index in [1.165, 1.54) is 0 Å². The van der Waals surface area contributed by atoms with Gasteiger partial charge in [-0.1, -0.05) is 52.9 Å². The molecule has 0 aliphatic carbocycles. The van der Waals surface area contributed by atoms with E-state index in [-0.39, 0.29) is 0 Å². The van der Waals surface area contributed by atoms with Gasteiger partial charge in [-0.15, -0.1) is 0 Å². The number of rotatable bonds is 4. The lowest BCUT2D eigenvalue weighted by atomic mass is 10.2. The van der Waals surface area contributed by atoms with Crippen molar-refractivity contribution in [3.05, 3.63) is 59.6 Å². The number of allylic oxidation sites excluding steroid dienone is 4. The van der Waals surface area contributed by atoms with Crippen LogP contribution in [-0.2, 0) is 0 Å². The molecule has 1 aliphatic rings. The monoisotopic (exact) mass is 429 g/mol. The van der Waals surface area contributed by atoms with Crippen molar-refractivity contribution in [3.63, 3.8) is 0 Å². The van der Waals surface area contributed by atoms with E-state index in [0.29, 0.717) is 0 Å². The van der Waals surface area contributed by atoms with E-state index in [1.807, 2.05) is 56.3 Å². The fourth-order valence-electron chi connectivity index (χ4n) is 3.17. The van der Waals surface area contributed by atoms with Gasteiger partial charge < -0.3 is 10.2 Å². The first-order chi connectivity index (χ1) is 13.2. The summed E-state index contributed by atoms with van der Waals surface area (Å²) < 4.78 is 2.09. The Hall–Kier alpha value is -2.11. The Balaban J connectivity index is 0.000000596. The summed E-state index contributed by atoms with van der Waals surface area (Å²) in [6, 6.07) is 8.00. The Labute approximate surface area is 170 Å². The first-order valence-electron chi connectivity index (χ1n) is 9.27. The third-order valence-corrected chi connectivity index (χ3v) is 4.79. The average molecular weight is 430 g/mol. The molecule has 2 aromatic rings. The number of halogens is 1. The van der Waals surface area contributed by atoms with Crippen LogP contribution in [0.5, 0.6) is 0 Å². The molecule has 1 aromatic carbocycles. The van der Waals surface area contributed by atoms with Gasteiger partial charge in [-0.05, 0) is 43.9 Å². The topological polar surface area (TPSA) is 37.3 Å². The summed E-state index contributed by atoms with van der Waals surface area (Å²) in [5.74, 6) is 0.945. The number of carbonyl (C=O) groups is 1. The molecular formula is C22H28BrN3O. The average Bonchev–Trinajstić information content (AvgIpc) is 2.83. The molecule has 1 aromatic heterocycles. The van der Waals surface area contributed by atoms with Crippen LogP contribution in [0.25, 0.3) is 16.6 Å². The van der Waals surface area contributed by atoms with Gasteiger partial charge in [0.1, 0.15) is 5.82 Å². The molecule has 0 unspecified atom stereocenters. The van der Waals surface area contributed by atoms with Gasteiger partial charge in [0.05, 0.1) is 11.1 Å². The molecule has 1 aliphatic heterocycles. The molecule has 1 saturated heterocycles. The van der Waals surface area contributed by atoms with Crippen LogP contribution in [0.15, 0.2) is 54.1 Å². The van der Waals surface area contributed by atoms with E-state index < -0.39 is 0 Å². The fraction of sp³-hybridized carbons (Fsp3) is 0.318. The molecule has 0 saturated carbocycles. The molecule has 2 heterocycles. The highest BCUT2D eigenvalue weighted by molar-refractivity contribution is 9.11. The minimum Gasteiger partial charge on any atom is -0.356 e. The van der Waals surface area contributed by atoms with E-state index in [4.69, 9.17) is 0 Å². The second-order valence-electron chi connectivity index (χ2n) is 6.25. The van der Waals surface area contributed by atoms with E-state index in [1.54, 1.807) is 4.99 Å². The van der Waals surface area contributed by atoms with Crippen molar-refractivity contribution in [2.45, 2.75) is 20.3 Å². The van der Waals surface area contributed by atoms with Crippen LogP contribution in [0.2, 0.25) is 0 Å². The normalized spacial score (nSPS) is 15.0. The molecule has 4 nitrogen and oxygen atoms in total. The standard InChI is InChI=1S/C18H20BrN3O.C4H8/c1-14(7-8-19)22-17-6-3-2-5-15(17)16(13-23)18(22)21-11-4-9-20-10-12-21;1-3-4-2/h2-3,5-8,13,20H,1,4,9-12H2;3-4H,1-2H3/b8-7+;4-3-. The summed E-state index contributed by atoms with van der Waals surface area (Å²) in [4.78, 5) is 15.9. The lowest BCUT2D eigenvalue weighted by Crippen LogP contribution is -2.30. The third-order valence-electron chi connectivity index (χ3n) is 4.52. The summed E-state index contributed by atoms with van der Waals surface area (Å²) in [5.41, 5.74) is 2.59. The summed E-state index contributed by atoms with van der Waals surface area (Å²) in [7, 11) is 0. The first-order valence-corrected chi connectivity index (χ1v) is 10.2. The maximum Gasteiger partial charge on any atom is 0.154 e. The molecule has 0 bridgehead atoms. The summed E-state index contributed by atoms with van der Waals surface area (Å²) in [6.07, 6.45) is 7.93. The van der Waals surface area contributed by atoms with Crippen LogP contribution in [-0.4, -0.2) is 37.0 Å². The van der Waals surface area contributed by atoms with Crippen LogP contribution in [0.4, 0.5) is 5.82 Å². The SMILES string of the molecule is C/C=C\C.C=C(/C=C/Br)n1c(N2CCCNCC2)c(C=O)c2ccccc21. The number of aldehydes is 1. The van der Waals surface area contributed by atoms with Gasteiger partial charge in [0.25, 0.3) is 0 Å². The number of anilines is 1. The number of carbonyl (C=O) groups excluding carboxylic acids is 1. The van der Waals surface area contributed by atoms with Crippen LogP contribution in [0, 0.1) is 0 Å². The van der Waals surface area contributed by atoms with E-state index in [2.05, 4.69) is 37.3 Å². The van der Waals surface area contributed by atoms with Gasteiger partial charge >= 0.3 is 0 Å². The third kappa shape index (κ3) is 4.99. The van der Waals surface area contributed by atoms with E-state index in [9.17, 15) is 4.79 Å². The van der Waals surface area contributed by atoms with E-state index in [0.717, 1.165) is 66.9 Å². The van der Waals surface area contributed by atoms with Gasteiger partial charge in [-0.2, -0.15) is 0 Å². The number of nitrogens with zero attached hydrogens (tertiary/aromatic N) is 2. The molecule has 3 rings (SSSR count). The smallest absolute Gasteiger partial charge is 0.154 e. The van der Waals surface area contributed by atoms with Crippen molar-refractivity contribution < 1.29 is 4.79 Å². The van der Waals surface area contributed by atoms with Crippen LogP contribution in [0.1, 0.15) is 30.6 Å². The van der Waals surface area contributed by atoms with Gasteiger partial charge in [-0.25, -0.2) is 0 Å². The first kappa shape index (κ1) is 21.2. The zero-order valence-electron chi connectivity index (χ0n) is 16.1. The van der Waals surface area contributed by atoms with Gasteiger partial charge in [0.15, 0.2) is 6.29 Å². The maximum absolute atomic E-state index is 11.9. The quantitative estimate of drug-likeness (QED) is 0.411. The number of fused-ring (bicyclic) bond motifs is 1. The number of hydrogen-bond donors (Lipinski definition) is 1. The minimum absolute atomic E-state index is 0.742. The molecule has 27 heavy (non-hydrogen) atoms. The minimum atomic E-state index is 0.742. The zero-order valence-corrected chi connectivity index (χ0v) is 17.7. The Morgan fingerprint density at radius 2 is 1.93 bits per heavy atom. The molecule has 1 N–H and O–H groups in total. The van der Waals surface area contributed by atoms with Crippen molar-refractivity contribution in [3.8, 4) is 0 Å². The zero-order chi connectivity index (χ0) is 19.6. The highest BCUT2D eigenvalue weighted by atomic mass is 79.9. The second kappa shape index (κ2) is 10.9. The van der Waals surface area contributed by atoms with Crippen LogP contribution >= 0.6 is 15.9 Å². The lowest BCUT2D eigenvalue weighted by molar-refractivity contribution is 0.112. The number of aromatic nitrogens is 1. The van der Waals surface area contributed by atoms with Crippen molar-refractivity contribution in [2.24, 2.45) is 0 Å². The fourth-order valence-corrected chi connectivity index (χ4v) is 3.48. The lowest BCUT2D eigenvalue weighted by Gasteiger charge is -2.25. The van der Waals surface area contributed by atoms with Crippen molar-refractivity contribution in [1.82, 2.24) is 9.88 Å². The predicted molar refractivity (Wildman–Crippen MR) is 121 cm³/mol. The van der Waals surface area contributed by atoms with Crippen LogP contribution < -0.4 is 10.2 Å². The molecule has 144 valence electrons. The van der Waals surface area contributed by atoms with Crippen molar-refractivity contribution >= 4 is 44.6 Å². The number of hydrogen-bond acceptors (Lipinski definition) is 3. The van der Waals surface area contributed by atoms with Gasteiger partial charge in [-0.3, -0.25) is 9.36 Å². The molecular weight excluding hydrogens is 402 g/mol. The number of benzene rings is 1. The Morgan fingerprint density at radius 3 is 2.59 bits per heavy atom. The molecule has 0 amide bonds. The van der Waals surface area contributed by atoms with Gasteiger partial charge in [0.2, 0.25) is 0 Å². The molecule has 1 fully saturated rings. The Bertz CT molecular complexity index is 823. The Kier molecular flexibility index (Phi) is 8.55. The summed E-state index contributed by atoms with van der Waals surface area (Å²) in [6.45, 7) is 11.9. The van der Waals surface area contributed by atoms with Crippen molar-refractivity contribution in [1.29, 1.82) is 0 Å². The number of nitrogens with one attached hydrogen (secondary N) is 1. The van der Waals surface area contributed by atoms with Gasteiger partial charge in [0, 0.05) is 30.7 Å². The molecule has 0 atom stereocenters. The largest absolute Gasteiger partial charge is 0.356 e. The van der Waals surface area contributed by atoms with Crippen molar-refractivity contribution in [2.75, 3.05) is 31.1 Å². The maximum atomic E-state index is 11.9. The highest BCUT2D eigenvalue weighted by Gasteiger charge is 2.23. The van der Waals surface area contributed by atoms with E-state index >= 15 is 0 Å². The summed E-state index contributed by atoms with van der Waals surface area (Å²) in [5, 5.41) is 4.38. The predicted octanol–water partition coefficient (Wildman–Crippen LogP) is 5.22. The molecule has 0 radical (unpaired) electrons. The molecule has 5 heteroatoms. The second-order valence-corrected chi connectivity index (χ2v) is 6.78.